The highest BCUT2D eigenvalue weighted by atomic mass is 32.2. The molecule has 2 aromatic rings. The fraction of sp³-hybridized carbons (Fsp3) is 0.385. The van der Waals surface area contributed by atoms with Crippen LogP contribution in [0.15, 0.2) is 32.3 Å². The number of oxazole rings is 1. The van der Waals surface area contributed by atoms with Gasteiger partial charge in [0.2, 0.25) is 0 Å². The fourth-order valence-electron chi connectivity index (χ4n) is 2.19. The van der Waals surface area contributed by atoms with Gasteiger partial charge < -0.3 is 14.8 Å². The van der Waals surface area contributed by atoms with Crippen molar-refractivity contribution in [2.45, 2.75) is 22.7 Å². The third-order valence-corrected chi connectivity index (χ3v) is 5.61. The van der Waals surface area contributed by atoms with Gasteiger partial charge in [-0.05, 0) is 25.1 Å². The highest BCUT2D eigenvalue weighted by molar-refractivity contribution is 7.92. The lowest BCUT2D eigenvalue weighted by atomic mass is 10.3. The molecule has 138 valence electrons. The van der Waals surface area contributed by atoms with E-state index >= 15 is 0 Å². The first-order valence-electron chi connectivity index (χ1n) is 6.89. The first-order valence-corrected chi connectivity index (χ1v) is 8.44. The molecule has 1 fully saturated rings. The Hall–Kier alpha value is -2.34. The maximum absolute atomic E-state index is 12.3. The highest BCUT2D eigenvalue weighted by Crippen LogP contribution is 2.23. The molecular weight excluding hydrogens is 369 g/mol. The number of alkyl halides is 3. The lowest BCUT2D eigenvalue weighted by Crippen LogP contribution is -2.23. The average molecular weight is 382 g/mol. The Kier molecular flexibility index (Phi) is 5.23. The van der Waals surface area contributed by atoms with E-state index in [2.05, 4.69) is 10.3 Å². The zero-order chi connectivity index (χ0) is 18.8. The van der Waals surface area contributed by atoms with E-state index in [-0.39, 0.29) is 10.5 Å². The van der Waals surface area contributed by atoms with Gasteiger partial charge in [-0.3, -0.25) is 4.98 Å². The molecule has 0 amide bonds. The summed E-state index contributed by atoms with van der Waals surface area (Å²) in [5, 5.41) is 9.75. The quantitative estimate of drug-likeness (QED) is 0.703. The van der Waals surface area contributed by atoms with Crippen LogP contribution in [-0.2, 0) is 14.6 Å². The molecule has 0 bridgehead atoms. The van der Waals surface area contributed by atoms with Crippen LogP contribution in [0.5, 0.6) is 0 Å². The van der Waals surface area contributed by atoms with Crippen molar-refractivity contribution in [2.24, 2.45) is 0 Å². The van der Waals surface area contributed by atoms with E-state index in [0.29, 0.717) is 25.0 Å². The number of sulfone groups is 1. The number of carboxylic acid groups (broad SMARTS) is 1. The van der Waals surface area contributed by atoms with Crippen LogP contribution >= 0.6 is 0 Å². The molecule has 1 atom stereocenters. The molecule has 3 rings (SSSR count). The Morgan fingerprint density at radius 1 is 1.32 bits per heavy atom. The number of carbonyl (C=O) groups is 1. The molecule has 0 aliphatic carbocycles. The van der Waals surface area contributed by atoms with Gasteiger partial charge in [0.1, 0.15) is 0 Å². The summed E-state index contributed by atoms with van der Waals surface area (Å²) in [5.74, 6) is -3.34. The van der Waals surface area contributed by atoms with E-state index in [0.717, 1.165) is 0 Å². The molecule has 1 unspecified atom stereocenters. The number of aromatic amines is 1. The molecule has 0 radical (unpaired) electrons. The van der Waals surface area contributed by atoms with Crippen molar-refractivity contribution in [1.82, 2.24) is 10.3 Å². The van der Waals surface area contributed by atoms with Gasteiger partial charge in [-0.15, -0.1) is 0 Å². The van der Waals surface area contributed by atoms with Gasteiger partial charge in [-0.25, -0.2) is 18.0 Å². The van der Waals surface area contributed by atoms with Crippen LogP contribution in [0.3, 0.4) is 0 Å². The van der Waals surface area contributed by atoms with Crippen molar-refractivity contribution < 1.29 is 35.9 Å². The van der Waals surface area contributed by atoms with Gasteiger partial charge >= 0.3 is 17.9 Å². The predicted molar refractivity (Wildman–Crippen MR) is 79.0 cm³/mol. The SMILES string of the molecule is O=C(O)C(F)(F)F.O=c1[nH]c2ccc(S(=O)(=O)C3CCNC3)cc2o1. The van der Waals surface area contributed by atoms with Crippen molar-refractivity contribution in [1.29, 1.82) is 0 Å². The van der Waals surface area contributed by atoms with Gasteiger partial charge in [0.25, 0.3) is 0 Å². The van der Waals surface area contributed by atoms with Crippen LogP contribution in [0.4, 0.5) is 13.2 Å². The average Bonchev–Trinajstić information content (AvgIpc) is 3.14. The fourth-order valence-corrected chi connectivity index (χ4v) is 3.87. The number of fused-ring (bicyclic) bond motifs is 1. The minimum atomic E-state index is -5.08. The summed E-state index contributed by atoms with van der Waals surface area (Å²) in [5.41, 5.74) is 0.774. The molecule has 0 saturated carbocycles. The molecular formula is C13H13F3N2O6S. The number of aliphatic carboxylic acids is 1. The summed E-state index contributed by atoms with van der Waals surface area (Å²) >= 11 is 0. The zero-order valence-electron chi connectivity index (χ0n) is 12.5. The number of rotatable bonds is 2. The van der Waals surface area contributed by atoms with Crippen LogP contribution in [-0.4, -0.2) is 49.0 Å². The molecule has 3 N–H and O–H groups in total. The number of hydrogen-bond donors (Lipinski definition) is 3. The third-order valence-electron chi connectivity index (χ3n) is 3.42. The largest absolute Gasteiger partial charge is 0.490 e. The lowest BCUT2D eigenvalue weighted by Gasteiger charge is -2.09. The summed E-state index contributed by atoms with van der Waals surface area (Å²) in [7, 11) is -3.36. The molecule has 1 saturated heterocycles. The maximum atomic E-state index is 12.3. The minimum Gasteiger partial charge on any atom is -0.475 e. The predicted octanol–water partition coefficient (Wildman–Crippen LogP) is 0.890. The van der Waals surface area contributed by atoms with Crippen LogP contribution in [0.1, 0.15) is 6.42 Å². The van der Waals surface area contributed by atoms with Crippen LogP contribution < -0.4 is 11.1 Å². The summed E-state index contributed by atoms with van der Waals surface area (Å²) in [6.07, 6.45) is -4.47. The van der Waals surface area contributed by atoms with Crippen LogP contribution in [0, 0.1) is 0 Å². The monoisotopic (exact) mass is 382 g/mol. The molecule has 1 aromatic heterocycles. The third kappa shape index (κ3) is 4.39. The Labute approximate surface area is 138 Å². The van der Waals surface area contributed by atoms with Gasteiger partial charge in [0, 0.05) is 12.6 Å². The second kappa shape index (κ2) is 6.88. The van der Waals surface area contributed by atoms with Crippen molar-refractivity contribution in [3.8, 4) is 0 Å². The van der Waals surface area contributed by atoms with E-state index in [1.54, 1.807) is 6.07 Å². The molecule has 25 heavy (non-hydrogen) atoms. The van der Waals surface area contributed by atoms with Crippen molar-refractivity contribution in [2.75, 3.05) is 13.1 Å². The zero-order valence-corrected chi connectivity index (χ0v) is 13.3. The molecule has 12 heteroatoms. The molecule has 2 heterocycles. The Morgan fingerprint density at radius 3 is 2.48 bits per heavy atom. The van der Waals surface area contributed by atoms with E-state index in [4.69, 9.17) is 14.3 Å². The highest BCUT2D eigenvalue weighted by Gasteiger charge is 2.38. The topological polar surface area (TPSA) is 129 Å². The van der Waals surface area contributed by atoms with Crippen molar-refractivity contribution in [3.63, 3.8) is 0 Å². The standard InChI is InChI=1S/C11H12N2O4S.C2HF3O2/c14-11-13-9-2-1-7(5-10(9)17-11)18(15,16)8-3-4-12-6-8;3-2(4,5)1(6)7/h1-2,5,8,12H,3-4,6H2,(H,13,14);(H,6,7). The molecule has 1 aliphatic rings. The second-order valence-electron chi connectivity index (χ2n) is 5.14. The minimum absolute atomic E-state index is 0.200. The number of hydrogen-bond acceptors (Lipinski definition) is 6. The normalized spacial score (nSPS) is 18.0. The number of carboxylic acids is 1. The lowest BCUT2D eigenvalue weighted by molar-refractivity contribution is -0.192. The number of halogens is 3. The summed E-state index contributed by atoms with van der Waals surface area (Å²) < 4.78 is 61.2. The number of aromatic nitrogens is 1. The van der Waals surface area contributed by atoms with Crippen LogP contribution in [0.2, 0.25) is 0 Å². The van der Waals surface area contributed by atoms with E-state index < -0.39 is 33.0 Å². The van der Waals surface area contributed by atoms with Gasteiger partial charge in [0.05, 0.1) is 15.7 Å². The first-order chi connectivity index (χ1) is 11.5. The van der Waals surface area contributed by atoms with E-state index in [9.17, 15) is 26.4 Å². The van der Waals surface area contributed by atoms with Crippen molar-refractivity contribution >= 4 is 26.9 Å². The number of H-pyrrole nitrogens is 1. The smallest absolute Gasteiger partial charge is 0.475 e. The summed E-state index contributed by atoms with van der Waals surface area (Å²) in [6.45, 7) is 1.18. The van der Waals surface area contributed by atoms with Gasteiger partial charge in [0.15, 0.2) is 15.4 Å². The molecule has 8 nitrogen and oxygen atoms in total. The molecule has 1 aliphatic heterocycles. The first kappa shape index (κ1) is 19.0. The van der Waals surface area contributed by atoms with Crippen LogP contribution in [0.25, 0.3) is 11.1 Å². The van der Waals surface area contributed by atoms with E-state index in [1.807, 2.05) is 0 Å². The second-order valence-corrected chi connectivity index (χ2v) is 7.36. The van der Waals surface area contributed by atoms with E-state index in [1.165, 1.54) is 12.1 Å². The Morgan fingerprint density at radius 2 is 1.96 bits per heavy atom. The van der Waals surface area contributed by atoms with Gasteiger partial charge in [-0.1, -0.05) is 0 Å². The summed E-state index contributed by atoms with van der Waals surface area (Å²) in [4.78, 5) is 22.6. The van der Waals surface area contributed by atoms with Crippen molar-refractivity contribution in [3.05, 3.63) is 28.7 Å². The Bertz CT molecular complexity index is 925. The number of nitrogens with one attached hydrogen (secondary N) is 2. The maximum Gasteiger partial charge on any atom is 0.490 e. The molecule has 0 spiro atoms. The Balaban J connectivity index is 0.000000277. The molecule has 1 aromatic carbocycles. The van der Waals surface area contributed by atoms with Gasteiger partial charge in [-0.2, -0.15) is 13.2 Å². The summed E-state index contributed by atoms with van der Waals surface area (Å²) in [6, 6.07) is 4.46. The number of benzene rings is 1.